The number of nitrogens with zero attached hydrogens (tertiary/aromatic N) is 2. The molecule has 5 nitrogen and oxygen atoms in total. The lowest BCUT2D eigenvalue weighted by atomic mass is 10.1. The fraction of sp³-hybridized carbons (Fsp3) is 0.227. The van der Waals surface area contributed by atoms with Crippen LogP contribution in [-0.2, 0) is 11.3 Å². The first kappa shape index (κ1) is 17.2. The monoisotopic (exact) mass is 362 g/mol. The molecule has 0 spiro atoms. The number of aromatic nitrogens is 1. The van der Waals surface area contributed by atoms with E-state index in [1.807, 2.05) is 54.7 Å². The maximum absolute atomic E-state index is 5.92. The predicted octanol–water partition coefficient (Wildman–Crippen LogP) is 4.07. The first-order valence-corrected chi connectivity index (χ1v) is 8.91. The zero-order valence-electron chi connectivity index (χ0n) is 15.5. The molecule has 5 heteroatoms. The molecule has 4 rings (SSSR count). The van der Waals surface area contributed by atoms with Gasteiger partial charge in [0, 0.05) is 11.8 Å². The van der Waals surface area contributed by atoms with Gasteiger partial charge in [-0.1, -0.05) is 42.5 Å². The summed E-state index contributed by atoms with van der Waals surface area (Å²) in [5, 5.41) is 0. The number of hydrogen-bond acceptors (Lipinski definition) is 4. The number of benzene rings is 2. The molecule has 0 saturated heterocycles. The Morgan fingerprint density at radius 3 is 2.63 bits per heavy atom. The molecular weight excluding hydrogens is 340 g/mol. The van der Waals surface area contributed by atoms with E-state index in [4.69, 9.17) is 19.2 Å². The highest BCUT2D eigenvalue weighted by atomic mass is 16.5. The van der Waals surface area contributed by atoms with E-state index in [0.29, 0.717) is 19.0 Å². The van der Waals surface area contributed by atoms with Crippen molar-refractivity contribution in [3.63, 3.8) is 0 Å². The third-order valence-corrected chi connectivity index (χ3v) is 4.71. The Balaban J connectivity index is 1.61. The minimum absolute atomic E-state index is 0.0379. The number of para-hydroxylation sites is 1. The fourth-order valence-corrected chi connectivity index (χ4v) is 3.37. The molecule has 1 aliphatic heterocycles. The summed E-state index contributed by atoms with van der Waals surface area (Å²) in [5.74, 6) is 2.15. The molecule has 1 atom stereocenters. The van der Waals surface area contributed by atoms with E-state index in [1.165, 1.54) is 5.56 Å². The summed E-state index contributed by atoms with van der Waals surface area (Å²) in [4.78, 5) is 4.80. The van der Waals surface area contributed by atoms with Gasteiger partial charge < -0.3 is 18.8 Å². The summed E-state index contributed by atoms with van der Waals surface area (Å²) < 4.78 is 19.0. The molecule has 0 N–H and O–H groups in total. The minimum atomic E-state index is 0.0379. The largest absolute Gasteiger partial charge is 0.493 e. The maximum atomic E-state index is 5.92. The second-order valence-corrected chi connectivity index (χ2v) is 6.35. The highest BCUT2D eigenvalue weighted by Gasteiger charge is 2.23. The molecule has 27 heavy (non-hydrogen) atoms. The van der Waals surface area contributed by atoms with Gasteiger partial charge in [0.2, 0.25) is 5.90 Å². The van der Waals surface area contributed by atoms with Gasteiger partial charge in [0.15, 0.2) is 11.5 Å². The zero-order valence-corrected chi connectivity index (χ0v) is 15.5. The van der Waals surface area contributed by atoms with Crippen LogP contribution in [0, 0.1) is 0 Å². The van der Waals surface area contributed by atoms with Gasteiger partial charge in [0.05, 0.1) is 20.8 Å². The second kappa shape index (κ2) is 7.58. The molecule has 2 aromatic carbocycles. The third-order valence-electron chi connectivity index (χ3n) is 4.71. The van der Waals surface area contributed by atoms with Crippen molar-refractivity contribution in [2.45, 2.75) is 12.6 Å². The molecule has 0 amide bonds. The number of rotatable bonds is 6. The average Bonchev–Trinajstić information content (AvgIpc) is 3.37. The summed E-state index contributed by atoms with van der Waals surface area (Å²) in [6.45, 7) is 1.20. The molecular formula is C22H22N2O3. The van der Waals surface area contributed by atoms with Gasteiger partial charge in [-0.15, -0.1) is 0 Å². The lowest BCUT2D eigenvalue weighted by Crippen LogP contribution is -2.11. The minimum Gasteiger partial charge on any atom is -0.493 e. The van der Waals surface area contributed by atoms with E-state index >= 15 is 0 Å². The molecule has 3 aromatic rings. The van der Waals surface area contributed by atoms with Gasteiger partial charge in [-0.2, -0.15) is 0 Å². The van der Waals surface area contributed by atoms with Crippen molar-refractivity contribution in [3.8, 4) is 11.5 Å². The van der Waals surface area contributed by atoms with E-state index < -0.39 is 0 Å². The van der Waals surface area contributed by atoms with E-state index in [9.17, 15) is 0 Å². The van der Waals surface area contributed by atoms with Crippen molar-refractivity contribution in [1.82, 2.24) is 4.57 Å². The van der Waals surface area contributed by atoms with Crippen LogP contribution in [0.3, 0.4) is 0 Å². The molecule has 2 heterocycles. The molecule has 0 fully saturated rings. The van der Waals surface area contributed by atoms with Crippen molar-refractivity contribution in [2.24, 2.45) is 4.99 Å². The van der Waals surface area contributed by atoms with E-state index in [2.05, 4.69) is 16.7 Å². The molecule has 138 valence electrons. The summed E-state index contributed by atoms with van der Waals surface area (Å²) in [5.41, 5.74) is 3.16. The summed E-state index contributed by atoms with van der Waals surface area (Å²) in [7, 11) is 3.31. The molecule has 0 aliphatic carbocycles. The summed E-state index contributed by atoms with van der Waals surface area (Å²) >= 11 is 0. The van der Waals surface area contributed by atoms with Gasteiger partial charge in [-0.05, 0) is 23.8 Å². The smallest absolute Gasteiger partial charge is 0.234 e. The molecule has 0 bridgehead atoms. The van der Waals surface area contributed by atoms with Gasteiger partial charge >= 0.3 is 0 Å². The lowest BCUT2D eigenvalue weighted by molar-refractivity contribution is 0.318. The Morgan fingerprint density at radius 1 is 1.00 bits per heavy atom. The Morgan fingerprint density at radius 2 is 1.85 bits per heavy atom. The topological polar surface area (TPSA) is 45.0 Å². The zero-order chi connectivity index (χ0) is 18.6. The molecule has 0 saturated carbocycles. The number of methoxy groups -OCH3 is 2. The van der Waals surface area contributed by atoms with Crippen LogP contribution in [0.4, 0.5) is 0 Å². The van der Waals surface area contributed by atoms with Crippen molar-refractivity contribution < 1.29 is 14.2 Å². The number of aliphatic imine (C=N–C) groups is 1. The van der Waals surface area contributed by atoms with Crippen LogP contribution >= 0.6 is 0 Å². The van der Waals surface area contributed by atoms with Crippen LogP contribution in [0.1, 0.15) is 22.9 Å². The van der Waals surface area contributed by atoms with Gasteiger partial charge in [-0.25, -0.2) is 4.99 Å². The quantitative estimate of drug-likeness (QED) is 0.664. The van der Waals surface area contributed by atoms with Crippen molar-refractivity contribution in [2.75, 3.05) is 20.8 Å². The predicted molar refractivity (Wildman–Crippen MR) is 105 cm³/mol. The highest BCUT2D eigenvalue weighted by Crippen LogP contribution is 2.32. The number of ether oxygens (including phenoxy) is 3. The Kier molecular flexibility index (Phi) is 4.83. The van der Waals surface area contributed by atoms with Gasteiger partial charge in [-0.3, -0.25) is 0 Å². The van der Waals surface area contributed by atoms with Crippen molar-refractivity contribution in [3.05, 3.63) is 83.7 Å². The number of hydrogen-bond donors (Lipinski definition) is 0. The van der Waals surface area contributed by atoms with Gasteiger partial charge in [0.1, 0.15) is 18.3 Å². The normalized spacial score (nSPS) is 15.9. The van der Waals surface area contributed by atoms with Crippen LogP contribution in [0.5, 0.6) is 11.5 Å². The Bertz CT molecular complexity index is 947. The van der Waals surface area contributed by atoms with Crippen molar-refractivity contribution in [1.29, 1.82) is 0 Å². The van der Waals surface area contributed by atoms with E-state index in [-0.39, 0.29) is 6.04 Å². The summed E-state index contributed by atoms with van der Waals surface area (Å²) in [6, 6.07) is 20.2. The SMILES string of the molecule is COc1cccc(Cn2cccc2C2=N[C@@H](c3ccccc3)CO2)c1OC. The van der Waals surface area contributed by atoms with Crippen LogP contribution in [0.25, 0.3) is 0 Å². The van der Waals surface area contributed by atoms with Crippen LogP contribution in [-0.4, -0.2) is 31.3 Å². The van der Waals surface area contributed by atoms with Crippen LogP contribution in [0.2, 0.25) is 0 Å². The molecule has 0 unspecified atom stereocenters. The highest BCUT2D eigenvalue weighted by molar-refractivity contribution is 5.93. The van der Waals surface area contributed by atoms with Gasteiger partial charge in [0.25, 0.3) is 0 Å². The van der Waals surface area contributed by atoms with E-state index in [1.54, 1.807) is 14.2 Å². The van der Waals surface area contributed by atoms with Crippen LogP contribution in [0.15, 0.2) is 71.9 Å². The third kappa shape index (κ3) is 3.40. The molecule has 1 aromatic heterocycles. The Hall–Kier alpha value is -3.21. The van der Waals surface area contributed by atoms with E-state index in [0.717, 1.165) is 22.8 Å². The average molecular weight is 362 g/mol. The second-order valence-electron chi connectivity index (χ2n) is 6.35. The Labute approximate surface area is 158 Å². The van der Waals surface area contributed by atoms with Crippen molar-refractivity contribution >= 4 is 5.90 Å². The molecule has 1 aliphatic rings. The fourth-order valence-electron chi connectivity index (χ4n) is 3.37. The summed E-state index contributed by atoms with van der Waals surface area (Å²) in [6.07, 6.45) is 2.02. The van der Waals surface area contributed by atoms with Crippen LogP contribution < -0.4 is 9.47 Å². The standard InChI is InChI=1S/C22H22N2O3/c1-25-20-12-6-10-17(21(20)26-2)14-24-13-7-11-19(24)22-23-18(15-27-22)16-8-4-3-5-9-16/h3-13,18H,14-15H2,1-2H3/t18-/m1/s1. The first-order chi connectivity index (χ1) is 13.3. The molecule has 0 radical (unpaired) electrons. The lowest BCUT2D eigenvalue weighted by Gasteiger charge is -2.14. The maximum Gasteiger partial charge on any atom is 0.234 e. The first-order valence-electron chi connectivity index (χ1n) is 8.91.